The molecule has 0 saturated heterocycles. The van der Waals surface area contributed by atoms with Gasteiger partial charge in [-0.25, -0.2) is 9.97 Å². The van der Waals surface area contributed by atoms with Gasteiger partial charge in [-0.2, -0.15) is 0 Å². The monoisotopic (exact) mass is 716 g/mol. The van der Waals surface area contributed by atoms with Crippen molar-refractivity contribution in [2.24, 2.45) is 0 Å². The maximum absolute atomic E-state index is 5.45. The van der Waals surface area contributed by atoms with Gasteiger partial charge >= 0.3 is 0 Å². The number of aromatic nitrogens is 4. The quantitative estimate of drug-likeness (QED) is 0.179. The predicted octanol–water partition coefficient (Wildman–Crippen LogP) is 13.6. The molecule has 0 atom stereocenters. The van der Waals surface area contributed by atoms with E-state index in [9.17, 15) is 0 Å². The molecule has 5 heterocycles. The summed E-state index contributed by atoms with van der Waals surface area (Å²) in [6.45, 7) is 0. The molecule has 0 amide bonds. The lowest BCUT2D eigenvalue weighted by molar-refractivity contribution is 1.02. The highest BCUT2D eigenvalue weighted by atomic mass is 32.1. The molecule has 254 valence electrons. The highest BCUT2D eigenvalue weighted by Gasteiger charge is 2.24. The number of para-hydroxylation sites is 3. The maximum atomic E-state index is 5.45. The minimum absolute atomic E-state index is 0.662. The van der Waals surface area contributed by atoms with Crippen LogP contribution in [-0.2, 0) is 0 Å². The van der Waals surface area contributed by atoms with Gasteiger partial charge in [0.25, 0.3) is 0 Å². The van der Waals surface area contributed by atoms with Crippen molar-refractivity contribution in [2.45, 2.75) is 0 Å². The molecule has 0 N–H and O–H groups in total. The Morgan fingerprint density at radius 2 is 0.964 bits per heavy atom. The summed E-state index contributed by atoms with van der Waals surface area (Å²) >= 11 is 1.88. The molecule has 0 bridgehead atoms. The Morgan fingerprint density at radius 3 is 1.84 bits per heavy atom. The second-order valence-corrected chi connectivity index (χ2v) is 15.6. The van der Waals surface area contributed by atoms with E-state index in [1.54, 1.807) is 0 Å². The van der Waals surface area contributed by atoms with Crippen LogP contribution in [0.25, 0.3) is 119 Å². The SMILES string of the molecule is c1ccc(-c2nc(-n3c4ccccc4c4ccc5c(c6cccc7c8ccccc8c8cccc9sc%10cccc(c%10c98)n5c76)c43)nc3ccccc23)cc1. The number of thiophene rings is 1. The normalized spacial score (nSPS) is 12.4. The first kappa shape index (κ1) is 29.4. The first-order valence-corrected chi connectivity index (χ1v) is 19.5. The molecular weight excluding hydrogens is 689 g/mol. The number of hydrogen-bond donors (Lipinski definition) is 0. The van der Waals surface area contributed by atoms with Crippen LogP contribution in [0.2, 0.25) is 0 Å². The Labute approximate surface area is 317 Å². The van der Waals surface area contributed by atoms with Gasteiger partial charge < -0.3 is 4.40 Å². The lowest BCUT2D eigenvalue weighted by Crippen LogP contribution is -2.03. The summed E-state index contributed by atoms with van der Waals surface area (Å²) in [5.74, 6) is 0.662. The fourth-order valence-corrected chi connectivity index (χ4v) is 10.6. The summed E-state index contributed by atoms with van der Waals surface area (Å²) in [6.07, 6.45) is 0. The van der Waals surface area contributed by atoms with Crippen LogP contribution in [0, 0.1) is 0 Å². The van der Waals surface area contributed by atoms with Gasteiger partial charge in [0.2, 0.25) is 5.95 Å². The maximum Gasteiger partial charge on any atom is 0.235 e. The van der Waals surface area contributed by atoms with E-state index in [4.69, 9.17) is 9.97 Å². The van der Waals surface area contributed by atoms with Gasteiger partial charge in [0.1, 0.15) is 0 Å². The number of nitrogens with zero attached hydrogens (tertiary/aromatic N) is 4. The van der Waals surface area contributed by atoms with Crippen LogP contribution >= 0.6 is 11.3 Å². The third-order valence-electron chi connectivity index (χ3n) is 11.7. The first-order chi connectivity index (χ1) is 27.3. The van der Waals surface area contributed by atoms with E-state index in [1.807, 2.05) is 11.3 Å². The number of benzene rings is 8. The van der Waals surface area contributed by atoms with E-state index in [1.165, 1.54) is 74.3 Å². The highest BCUT2D eigenvalue weighted by molar-refractivity contribution is 7.26. The Kier molecular flexibility index (Phi) is 5.74. The minimum atomic E-state index is 0.662. The molecule has 0 spiro atoms. The van der Waals surface area contributed by atoms with E-state index in [2.05, 4.69) is 179 Å². The van der Waals surface area contributed by atoms with Crippen molar-refractivity contribution in [3.63, 3.8) is 0 Å². The second kappa shape index (κ2) is 10.8. The number of rotatable bonds is 2. The van der Waals surface area contributed by atoms with Gasteiger partial charge in [0.15, 0.2) is 0 Å². The zero-order valence-corrected chi connectivity index (χ0v) is 30.2. The van der Waals surface area contributed by atoms with E-state index in [-0.39, 0.29) is 0 Å². The van der Waals surface area contributed by atoms with Crippen molar-refractivity contribution in [3.8, 4) is 17.2 Å². The third kappa shape index (κ3) is 3.84. The minimum Gasteiger partial charge on any atom is -0.308 e. The Bertz CT molecular complexity index is 3780. The van der Waals surface area contributed by atoms with Gasteiger partial charge in [0, 0.05) is 58.1 Å². The van der Waals surface area contributed by atoms with E-state index >= 15 is 0 Å². The third-order valence-corrected chi connectivity index (χ3v) is 12.8. The average molecular weight is 717 g/mol. The molecule has 8 aromatic carbocycles. The average Bonchev–Trinajstić information content (AvgIpc) is 3.92. The zero-order valence-electron chi connectivity index (χ0n) is 29.4. The summed E-state index contributed by atoms with van der Waals surface area (Å²) in [7, 11) is 0. The van der Waals surface area contributed by atoms with E-state index in [0.717, 1.165) is 38.7 Å². The molecule has 13 rings (SSSR count). The summed E-state index contributed by atoms with van der Waals surface area (Å²) in [5, 5.41) is 13.4. The van der Waals surface area contributed by atoms with Crippen LogP contribution in [-0.4, -0.2) is 18.9 Å². The van der Waals surface area contributed by atoms with Crippen LogP contribution in [0.4, 0.5) is 0 Å². The molecule has 0 unspecified atom stereocenters. The molecule has 4 nitrogen and oxygen atoms in total. The van der Waals surface area contributed by atoms with Crippen molar-refractivity contribution in [2.75, 3.05) is 0 Å². The molecule has 5 heteroatoms. The Morgan fingerprint density at radius 1 is 0.364 bits per heavy atom. The molecule has 0 aliphatic heterocycles. The molecule has 0 aliphatic rings. The standard InChI is InChI=1S/C50H28N4S/c1-2-13-29(14-3-1)47-36-18-6-8-22-38(36)51-50(52-47)54-39-23-9-7-17-32(39)35-27-28-41-44(49(35)54)37-21-10-20-34-31-16-5-4-15-30(31)33-19-11-25-42-45(33)46-40(53(41)48(34)37)24-12-26-43(46)55-42/h1-28H. The fraction of sp³-hybridized carbons (Fsp3) is 0. The Balaban J connectivity index is 1.31. The molecule has 0 radical (unpaired) electrons. The summed E-state index contributed by atoms with van der Waals surface area (Å²) in [4.78, 5) is 10.8. The van der Waals surface area contributed by atoms with Gasteiger partial charge in [-0.3, -0.25) is 4.57 Å². The molecule has 0 fully saturated rings. The Hall–Kier alpha value is -7.08. The molecule has 5 aromatic heterocycles. The van der Waals surface area contributed by atoms with Crippen molar-refractivity contribution in [3.05, 3.63) is 170 Å². The predicted molar refractivity (Wildman–Crippen MR) is 233 cm³/mol. The van der Waals surface area contributed by atoms with Crippen LogP contribution in [0.1, 0.15) is 0 Å². The zero-order chi connectivity index (χ0) is 35.8. The van der Waals surface area contributed by atoms with Gasteiger partial charge in [-0.1, -0.05) is 133 Å². The fourth-order valence-electron chi connectivity index (χ4n) is 9.47. The first-order valence-electron chi connectivity index (χ1n) is 18.7. The largest absolute Gasteiger partial charge is 0.308 e. The van der Waals surface area contributed by atoms with Gasteiger partial charge in [0.05, 0.1) is 38.8 Å². The topological polar surface area (TPSA) is 35.1 Å². The molecule has 55 heavy (non-hydrogen) atoms. The highest BCUT2D eigenvalue weighted by Crippen LogP contribution is 2.46. The lowest BCUT2D eigenvalue weighted by Gasteiger charge is -2.12. The lowest BCUT2D eigenvalue weighted by atomic mass is 10.0. The van der Waals surface area contributed by atoms with Crippen LogP contribution in [0.3, 0.4) is 0 Å². The van der Waals surface area contributed by atoms with Gasteiger partial charge in [-0.05, 0) is 52.6 Å². The van der Waals surface area contributed by atoms with Crippen molar-refractivity contribution >= 4 is 113 Å². The number of fused-ring (bicyclic) bond motifs is 12. The van der Waals surface area contributed by atoms with Crippen LogP contribution in [0.5, 0.6) is 0 Å². The molecule has 0 aliphatic carbocycles. The van der Waals surface area contributed by atoms with Crippen LogP contribution in [0.15, 0.2) is 170 Å². The number of hydrogen-bond acceptors (Lipinski definition) is 3. The van der Waals surface area contributed by atoms with Crippen LogP contribution < -0.4 is 0 Å². The van der Waals surface area contributed by atoms with Crippen molar-refractivity contribution < 1.29 is 0 Å². The van der Waals surface area contributed by atoms with E-state index in [0.29, 0.717) is 5.95 Å². The van der Waals surface area contributed by atoms with E-state index < -0.39 is 0 Å². The van der Waals surface area contributed by atoms with Crippen molar-refractivity contribution in [1.82, 2.24) is 18.9 Å². The second-order valence-electron chi connectivity index (χ2n) is 14.5. The van der Waals surface area contributed by atoms with Gasteiger partial charge in [-0.15, -0.1) is 11.3 Å². The smallest absolute Gasteiger partial charge is 0.235 e. The summed E-state index contributed by atoms with van der Waals surface area (Å²) in [6, 6.07) is 61.6. The summed E-state index contributed by atoms with van der Waals surface area (Å²) < 4.78 is 7.46. The molecule has 13 aromatic rings. The summed E-state index contributed by atoms with van der Waals surface area (Å²) in [5.41, 5.74) is 8.67. The molecular formula is C50H28N4S. The molecule has 0 saturated carbocycles. The van der Waals surface area contributed by atoms with Crippen molar-refractivity contribution in [1.29, 1.82) is 0 Å².